The lowest BCUT2D eigenvalue weighted by molar-refractivity contribution is -0.112. The number of carbonyl (C=O) groups is 2. The monoisotopic (exact) mass is 1880 g/mol. The SMILES string of the molecule is CNc1ccc2[nH]c(-c3ccccc3)cc2c1N=O.Cc1cc(I)c(O)c(C=Nc2ccc3c(c2)N=C(c2ccccc2)C3)c1.Cc1ccc(-c2ccc3nc(N)nc(N)c3c2C)c2c1OC(C)(C)C2.Cc1ccc(S(=O)(=O)Cc2cccc(Oc3ccccc3)c2)cc1.NC1=CC(=O)C2=NCN=C2C1=O.c1ccc2[nH]c(-c3ccc(-c4ccc(Cn5cccc5)cc4)o3)nc2c1. The summed E-state index contributed by atoms with van der Waals surface area (Å²) in [6, 6.07) is 92.3. The van der Waals surface area contributed by atoms with Crippen LogP contribution in [0.4, 0.5) is 34.5 Å². The zero-order valence-corrected chi connectivity index (χ0v) is 76.2. The molecule has 8 heterocycles. The first-order valence-corrected chi connectivity index (χ1v) is 45.2. The number of furan rings is 1. The average Bonchev–Trinajstić information content (AvgIpc) is 1.66. The van der Waals surface area contributed by atoms with E-state index >= 15 is 0 Å². The van der Waals surface area contributed by atoms with Crippen LogP contribution in [0.1, 0.15) is 69.5 Å². The summed E-state index contributed by atoms with van der Waals surface area (Å²) in [6.07, 6.45) is 8.67. The number of para-hydroxylation sites is 3. The van der Waals surface area contributed by atoms with Gasteiger partial charge < -0.3 is 56.1 Å². The number of allylic oxidation sites excluding steroid dienone is 2. The number of aromatic hydroxyl groups is 1. The average molecular weight is 1880 g/mol. The molecule has 0 atom stereocenters. The van der Waals surface area contributed by atoms with Gasteiger partial charge in [0.15, 0.2) is 21.4 Å². The van der Waals surface area contributed by atoms with Crippen LogP contribution in [0.2, 0.25) is 0 Å². The molecule has 21 rings (SSSR count). The van der Waals surface area contributed by atoms with Gasteiger partial charge in [0.1, 0.15) is 64.0 Å². The van der Waals surface area contributed by atoms with Crippen molar-refractivity contribution in [2.45, 2.75) is 77.2 Å². The Morgan fingerprint density at radius 3 is 2.07 bits per heavy atom. The summed E-state index contributed by atoms with van der Waals surface area (Å²) in [5.74, 6) is 4.78. The molecule has 26 heteroatoms. The molecule has 0 bridgehead atoms. The van der Waals surface area contributed by atoms with E-state index in [2.05, 4.69) is 178 Å². The summed E-state index contributed by atoms with van der Waals surface area (Å²) in [5, 5.41) is 18.0. The van der Waals surface area contributed by atoms with Crippen molar-refractivity contribution in [2.24, 2.45) is 30.9 Å². The van der Waals surface area contributed by atoms with Crippen LogP contribution >= 0.6 is 22.6 Å². The van der Waals surface area contributed by atoms with Gasteiger partial charge in [-0.2, -0.15) is 4.98 Å². The van der Waals surface area contributed by atoms with Gasteiger partial charge in [0, 0.05) is 89.8 Å². The second-order valence-electron chi connectivity index (χ2n) is 32.4. The minimum Gasteiger partial charge on any atom is -0.506 e. The van der Waals surface area contributed by atoms with Crippen LogP contribution in [0, 0.1) is 36.2 Å². The number of aromatic nitrogens is 6. The molecule has 0 fully saturated rings. The molecule has 658 valence electrons. The van der Waals surface area contributed by atoms with Crippen LogP contribution in [0.15, 0.2) is 344 Å². The van der Waals surface area contributed by atoms with Crippen LogP contribution in [0.5, 0.6) is 23.0 Å². The number of nitrogens with one attached hydrogen (secondary N) is 3. The fourth-order valence-corrected chi connectivity index (χ4v) is 17.9. The molecule has 0 saturated heterocycles. The number of ether oxygens (including phenoxy) is 2. The number of phenolic OH excluding ortho intramolecular Hbond substituents is 1. The van der Waals surface area contributed by atoms with Crippen LogP contribution in [0.3, 0.4) is 0 Å². The van der Waals surface area contributed by atoms with E-state index in [1.54, 1.807) is 43.6 Å². The van der Waals surface area contributed by atoms with Crippen molar-refractivity contribution in [1.82, 2.24) is 29.5 Å². The van der Waals surface area contributed by atoms with Gasteiger partial charge in [-0.3, -0.25) is 29.6 Å². The number of imidazole rings is 1. The number of sulfone groups is 1. The highest BCUT2D eigenvalue weighted by molar-refractivity contribution is 14.1. The maximum absolute atomic E-state index is 12.5. The largest absolute Gasteiger partial charge is 0.506 e. The number of nitrogen functional groups attached to an aromatic ring is 2. The minimum atomic E-state index is -3.38. The van der Waals surface area contributed by atoms with Crippen molar-refractivity contribution < 1.29 is 37.0 Å². The number of Topliss-reactive ketones (excluding diaryl/α,β-unsaturated/α-hetero) is 1. The number of anilines is 3. The summed E-state index contributed by atoms with van der Waals surface area (Å²) in [4.78, 5) is 70.2. The normalized spacial score (nSPS) is 13.2. The van der Waals surface area contributed by atoms with Crippen LogP contribution in [-0.4, -0.2) is 97.2 Å². The maximum atomic E-state index is 12.5. The summed E-state index contributed by atoms with van der Waals surface area (Å²) in [7, 11) is -1.60. The number of ketones is 2. The molecule has 5 aromatic heterocycles. The van der Waals surface area contributed by atoms with Gasteiger partial charge in [-0.1, -0.05) is 169 Å². The number of hydrogen-bond donors (Lipinski definition) is 7. The smallest absolute Gasteiger partial charge is 0.229 e. The van der Waals surface area contributed by atoms with E-state index in [4.69, 9.17) is 36.1 Å². The number of nitrogens with two attached hydrogens (primary N) is 3. The van der Waals surface area contributed by atoms with E-state index in [-0.39, 0.29) is 52.6 Å². The number of aromatic amines is 2. The predicted molar refractivity (Wildman–Crippen MR) is 536 cm³/mol. The molecule has 3 aliphatic heterocycles. The first-order chi connectivity index (χ1) is 63.8. The zero-order chi connectivity index (χ0) is 92.3. The van der Waals surface area contributed by atoms with Crippen LogP contribution in [0.25, 0.3) is 78.1 Å². The van der Waals surface area contributed by atoms with Crippen molar-refractivity contribution in [3.8, 4) is 68.3 Å². The van der Waals surface area contributed by atoms with E-state index in [1.165, 1.54) is 27.8 Å². The van der Waals surface area contributed by atoms with Gasteiger partial charge in [0.2, 0.25) is 17.5 Å². The second kappa shape index (κ2) is 39.4. The Morgan fingerprint density at radius 2 is 1.33 bits per heavy atom. The number of aliphatic imine (C=N–C) groups is 4. The van der Waals surface area contributed by atoms with E-state index in [0.29, 0.717) is 27.7 Å². The maximum Gasteiger partial charge on any atom is 0.229 e. The summed E-state index contributed by atoms with van der Waals surface area (Å²) in [6.45, 7) is 13.4. The Labute approximate surface area is 776 Å². The molecular formula is C106H92IN15O9S. The number of fused-ring (bicyclic) bond motifs is 6. The standard InChI is InChI=1S/C22H17IN2O.C22H17N3O.C20H22N4O.C20H18O3S.C15H13N3O.C7H5N3O2/c1-14-9-17(22(26)19(23)10-14)13-24-18-8-7-16-11-20(25-21(16)12-18)15-5-3-2-4-6-15;1-2-6-19-18(5-1)23-22(24-19)21-12-11-20(26-21)17-9-7-16(8-10-17)15-25-13-3-4-14-25;1-10-5-6-13(14-9-20(3,4)25-17(10)14)12-7-8-15-16(11(12)2)18(21)24-19(22)23-15;1-16-10-12-20(13-11-16)24(21,22)15-17-6-5-9-19(14-17)23-18-7-3-2-4-8-18;1-16-13-8-7-12-11(15(13)18-19)9-14(17-12)10-5-3-2-4-6-10;8-3-1-4(11)5-6(7(3)12)10-2-9-5/h2-10,12-13,26H,11H2,1H3;1-14H,15H2,(H,23,24);5-8H,9H2,1-4H3,(H4,21,22,23,24);2-14H,15H2,1H3;2-9,16-17H,1H3;1H,2,8H2. The first kappa shape index (κ1) is 89.6. The number of benzene rings is 12. The number of rotatable bonds is 16. The molecular weight excluding hydrogens is 1790 g/mol. The van der Waals surface area contributed by atoms with Crippen molar-refractivity contribution in [1.29, 1.82) is 0 Å². The summed E-state index contributed by atoms with van der Waals surface area (Å²) in [5.41, 5.74) is 41.0. The number of aryl methyl sites for hydroxylation is 4. The molecule has 0 spiro atoms. The molecule has 24 nitrogen and oxygen atoms in total. The third-order valence-corrected chi connectivity index (χ3v) is 24.8. The third kappa shape index (κ3) is 20.8. The Hall–Kier alpha value is -15.8. The number of nitrogens with zero attached hydrogens (tertiary/aromatic N) is 9. The zero-order valence-electron chi connectivity index (χ0n) is 73.2. The van der Waals surface area contributed by atoms with Gasteiger partial charge in [0.05, 0.1) is 59.2 Å². The fourth-order valence-electron chi connectivity index (χ4n) is 15.7. The number of carbonyl (C=O) groups excluding carboxylic acids is 2. The summed E-state index contributed by atoms with van der Waals surface area (Å²) >= 11 is 2.13. The van der Waals surface area contributed by atoms with E-state index < -0.39 is 15.6 Å². The number of H-pyrrole nitrogens is 2. The number of hydrogen-bond acceptors (Lipinski definition) is 21. The van der Waals surface area contributed by atoms with E-state index in [9.17, 15) is 28.0 Å². The lowest BCUT2D eigenvalue weighted by Crippen LogP contribution is -2.36. The molecule has 4 aliphatic rings. The van der Waals surface area contributed by atoms with Crippen molar-refractivity contribution in [3.63, 3.8) is 0 Å². The molecule has 0 unspecified atom stereocenters. The number of phenols is 1. The van der Waals surface area contributed by atoms with Gasteiger partial charge in [0.25, 0.3) is 0 Å². The van der Waals surface area contributed by atoms with E-state index in [0.717, 1.165) is 164 Å². The fraction of sp³-hybridized carbons (Fsp3) is 0.123. The van der Waals surface area contributed by atoms with Gasteiger partial charge in [-0.05, 0) is 246 Å². The van der Waals surface area contributed by atoms with Gasteiger partial charge >= 0.3 is 0 Å². The molecule has 132 heavy (non-hydrogen) atoms. The topological polar surface area (TPSA) is 364 Å². The predicted octanol–water partition coefficient (Wildman–Crippen LogP) is 22.7. The van der Waals surface area contributed by atoms with Crippen molar-refractivity contribution in [2.75, 3.05) is 30.5 Å². The Morgan fingerprint density at radius 1 is 0.636 bits per heavy atom. The highest BCUT2D eigenvalue weighted by atomic mass is 127. The molecule has 10 N–H and O–H groups in total. The Bertz CT molecular complexity index is 7460. The highest BCUT2D eigenvalue weighted by Gasteiger charge is 2.35. The first-order valence-electron chi connectivity index (χ1n) is 42.5. The number of halogens is 1. The Balaban J connectivity index is 0.000000117. The lowest BCUT2D eigenvalue weighted by atomic mass is 9.89. The van der Waals surface area contributed by atoms with Crippen molar-refractivity contribution in [3.05, 3.63) is 373 Å². The molecule has 0 amide bonds. The van der Waals surface area contributed by atoms with Gasteiger partial charge in [-0.15, -0.1) is 4.91 Å². The minimum absolute atomic E-state index is 0.0535. The van der Waals surface area contributed by atoms with Gasteiger partial charge in [-0.25, -0.2) is 18.4 Å². The molecule has 0 saturated carbocycles. The van der Waals surface area contributed by atoms with Crippen molar-refractivity contribution >= 4 is 135 Å². The second-order valence-corrected chi connectivity index (χ2v) is 35.6. The molecule has 0 radical (unpaired) electrons. The molecule has 12 aromatic carbocycles. The lowest BCUT2D eigenvalue weighted by Gasteiger charge is -2.17. The Kier molecular flexibility index (Phi) is 26.8. The third-order valence-electron chi connectivity index (χ3n) is 22.3. The number of nitroso groups, excluding NO2 is 1. The van der Waals surface area contributed by atoms with Crippen LogP contribution < -0.4 is 32.0 Å². The molecule has 17 aromatic rings. The summed E-state index contributed by atoms with van der Waals surface area (Å²) < 4.78 is 46.0. The van der Waals surface area contributed by atoms with Crippen LogP contribution in [-0.2, 0) is 44.6 Å². The molecule has 1 aliphatic carbocycles. The highest BCUT2D eigenvalue weighted by Crippen LogP contribution is 2.46. The van der Waals surface area contributed by atoms with E-state index in [1.807, 2.05) is 208 Å². The quantitative estimate of drug-likeness (QED) is 0.0268.